The molecule has 7 heteroatoms. The molecule has 0 atom stereocenters. The van der Waals surface area contributed by atoms with Crippen molar-refractivity contribution in [2.24, 2.45) is 0 Å². The number of amides is 1. The summed E-state index contributed by atoms with van der Waals surface area (Å²) in [6, 6.07) is 13.0. The SMILES string of the molecule is CC(=CC(=O)Nc1ccc(OCc2noc(C3CC3)n2)cc1)c1ccc(F)cc1. The van der Waals surface area contributed by atoms with Crippen LogP contribution in [0.15, 0.2) is 59.1 Å². The van der Waals surface area contributed by atoms with Crippen LogP contribution in [0.2, 0.25) is 0 Å². The first kappa shape index (κ1) is 18.9. The topological polar surface area (TPSA) is 77.2 Å². The maximum atomic E-state index is 13.0. The van der Waals surface area contributed by atoms with Crippen LogP contribution < -0.4 is 10.1 Å². The van der Waals surface area contributed by atoms with Crippen LogP contribution >= 0.6 is 0 Å². The van der Waals surface area contributed by atoms with E-state index >= 15 is 0 Å². The van der Waals surface area contributed by atoms with Gasteiger partial charge in [-0.3, -0.25) is 4.79 Å². The van der Waals surface area contributed by atoms with Crippen molar-refractivity contribution in [3.05, 3.63) is 77.7 Å². The average Bonchev–Trinajstić information content (AvgIpc) is 3.46. The van der Waals surface area contributed by atoms with Crippen LogP contribution in [0.3, 0.4) is 0 Å². The monoisotopic (exact) mass is 393 g/mol. The molecule has 0 saturated heterocycles. The molecule has 1 aliphatic rings. The molecule has 148 valence electrons. The van der Waals surface area contributed by atoms with Gasteiger partial charge in [0.25, 0.3) is 0 Å². The fourth-order valence-electron chi connectivity index (χ4n) is 2.78. The Kier molecular flexibility index (Phi) is 5.37. The zero-order valence-corrected chi connectivity index (χ0v) is 15.9. The van der Waals surface area contributed by atoms with Gasteiger partial charge < -0.3 is 14.6 Å². The van der Waals surface area contributed by atoms with E-state index in [0.29, 0.717) is 29.1 Å². The van der Waals surface area contributed by atoms with Gasteiger partial charge in [0.05, 0.1) is 0 Å². The summed E-state index contributed by atoms with van der Waals surface area (Å²) in [6.45, 7) is 2.03. The molecule has 1 aromatic heterocycles. The number of allylic oxidation sites excluding steroid dienone is 1. The molecule has 1 heterocycles. The average molecular weight is 393 g/mol. The third-order valence-corrected chi connectivity index (χ3v) is 4.55. The highest BCUT2D eigenvalue weighted by Gasteiger charge is 2.29. The molecule has 4 rings (SSSR count). The molecular weight excluding hydrogens is 373 g/mol. The van der Waals surface area contributed by atoms with Crippen LogP contribution in [0, 0.1) is 5.82 Å². The lowest BCUT2D eigenvalue weighted by molar-refractivity contribution is -0.111. The highest BCUT2D eigenvalue weighted by Crippen LogP contribution is 2.38. The smallest absolute Gasteiger partial charge is 0.248 e. The Balaban J connectivity index is 1.30. The number of rotatable bonds is 7. The van der Waals surface area contributed by atoms with Crippen LogP contribution in [0.4, 0.5) is 10.1 Å². The van der Waals surface area contributed by atoms with Gasteiger partial charge in [-0.25, -0.2) is 4.39 Å². The van der Waals surface area contributed by atoms with Gasteiger partial charge in [0, 0.05) is 17.7 Å². The van der Waals surface area contributed by atoms with Crippen molar-refractivity contribution in [1.29, 1.82) is 0 Å². The van der Waals surface area contributed by atoms with E-state index in [1.165, 1.54) is 18.2 Å². The Bertz CT molecular complexity index is 1020. The van der Waals surface area contributed by atoms with E-state index in [4.69, 9.17) is 9.26 Å². The number of nitrogens with one attached hydrogen (secondary N) is 1. The number of carbonyl (C=O) groups excluding carboxylic acids is 1. The molecule has 0 bridgehead atoms. The van der Waals surface area contributed by atoms with E-state index in [2.05, 4.69) is 15.5 Å². The van der Waals surface area contributed by atoms with Crippen molar-refractivity contribution in [2.45, 2.75) is 32.3 Å². The van der Waals surface area contributed by atoms with Gasteiger partial charge in [-0.2, -0.15) is 4.98 Å². The largest absolute Gasteiger partial charge is 0.485 e. The molecule has 0 spiro atoms. The second-order valence-corrected chi connectivity index (χ2v) is 6.96. The molecule has 2 aromatic carbocycles. The predicted octanol–water partition coefficient (Wildman–Crippen LogP) is 4.71. The number of ether oxygens (including phenoxy) is 1. The number of anilines is 1. The first-order valence-corrected chi connectivity index (χ1v) is 9.37. The summed E-state index contributed by atoms with van der Waals surface area (Å²) in [5.41, 5.74) is 2.17. The first-order chi connectivity index (χ1) is 14.1. The summed E-state index contributed by atoms with van der Waals surface area (Å²) in [7, 11) is 0. The van der Waals surface area contributed by atoms with Crippen molar-refractivity contribution >= 4 is 17.2 Å². The number of carbonyl (C=O) groups is 1. The fourth-order valence-corrected chi connectivity index (χ4v) is 2.78. The van der Waals surface area contributed by atoms with Crippen LogP contribution in [0.25, 0.3) is 5.57 Å². The number of benzene rings is 2. The van der Waals surface area contributed by atoms with Crippen molar-refractivity contribution in [1.82, 2.24) is 10.1 Å². The van der Waals surface area contributed by atoms with Crippen molar-refractivity contribution in [2.75, 3.05) is 5.32 Å². The third-order valence-electron chi connectivity index (χ3n) is 4.55. The Morgan fingerprint density at radius 1 is 1.21 bits per heavy atom. The zero-order chi connectivity index (χ0) is 20.2. The molecule has 6 nitrogen and oxygen atoms in total. The number of halogens is 1. The number of hydrogen-bond acceptors (Lipinski definition) is 5. The Morgan fingerprint density at radius 2 is 1.93 bits per heavy atom. The zero-order valence-electron chi connectivity index (χ0n) is 15.9. The van der Waals surface area contributed by atoms with Crippen molar-refractivity contribution in [3.8, 4) is 5.75 Å². The summed E-state index contributed by atoms with van der Waals surface area (Å²) >= 11 is 0. The highest BCUT2D eigenvalue weighted by atomic mass is 19.1. The molecule has 1 saturated carbocycles. The van der Waals surface area contributed by atoms with Gasteiger partial charge in [0.2, 0.25) is 17.6 Å². The minimum atomic E-state index is -0.309. The first-order valence-electron chi connectivity index (χ1n) is 9.37. The Hall–Kier alpha value is -3.48. The molecule has 1 fully saturated rings. The highest BCUT2D eigenvalue weighted by molar-refractivity contribution is 6.03. The molecule has 29 heavy (non-hydrogen) atoms. The molecule has 3 aromatic rings. The van der Waals surface area contributed by atoms with Gasteiger partial charge in [-0.05, 0) is 67.3 Å². The van der Waals surface area contributed by atoms with Gasteiger partial charge in [0.15, 0.2) is 6.61 Å². The summed E-state index contributed by atoms with van der Waals surface area (Å²) in [6.07, 6.45) is 3.69. The van der Waals surface area contributed by atoms with Gasteiger partial charge in [0.1, 0.15) is 11.6 Å². The van der Waals surface area contributed by atoms with E-state index in [9.17, 15) is 9.18 Å². The number of hydrogen-bond donors (Lipinski definition) is 1. The van der Waals surface area contributed by atoms with Gasteiger partial charge in [-0.15, -0.1) is 0 Å². The third kappa shape index (κ3) is 5.07. The molecule has 0 aliphatic heterocycles. The predicted molar refractivity (Wildman–Crippen MR) is 106 cm³/mol. The Morgan fingerprint density at radius 3 is 2.62 bits per heavy atom. The summed E-state index contributed by atoms with van der Waals surface area (Å²) < 4.78 is 23.9. The van der Waals surface area contributed by atoms with Gasteiger partial charge >= 0.3 is 0 Å². The Labute approximate surface area is 167 Å². The summed E-state index contributed by atoms with van der Waals surface area (Å²) in [5.74, 6) is 1.69. The van der Waals surface area contributed by atoms with Crippen LogP contribution in [0.1, 0.15) is 43.0 Å². The van der Waals surface area contributed by atoms with Crippen LogP contribution in [-0.4, -0.2) is 16.0 Å². The molecule has 1 N–H and O–H groups in total. The van der Waals surface area contributed by atoms with E-state index in [1.807, 2.05) is 0 Å². The molecule has 0 radical (unpaired) electrons. The second kappa shape index (κ2) is 8.26. The maximum absolute atomic E-state index is 13.0. The second-order valence-electron chi connectivity index (χ2n) is 6.96. The summed E-state index contributed by atoms with van der Waals surface area (Å²) in [4.78, 5) is 16.5. The molecule has 0 unspecified atom stereocenters. The number of aromatic nitrogens is 2. The van der Waals surface area contributed by atoms with Crippen LogP contribution in [-0.2, 0) is 11.4 Å². The van der Waals surface area contributed by atoms with Crippen molar-refractivity contribution < 1.29 is 18.4 Å². The molecule has 1 aliphatic carbocycles. The number of nitrogens with zero attached hydrogens (tertiary/aromatic N) is 2. The van der Waals surface area contributed by atoms with Crippen LogP contribution in [0.5, 0.6) is 5.75 Å². The lowest BCUT2D eigenvalue weighted by atomic mass is 10.1. The summed E-state index contributed by atoms with van der Waals surface area (Å²) in [5, 5.41) is 6.70. The fraction of sp³-hybridized carbons (Fsp3) is 0.227. The minimum absolute atomic E-state index is 0.224. The van der Waals surface area contributed by atoms with E-state index in [0.717, 1.165) is 24.0 Å². The lowest BCUT2D eigenvalue weighted by Gasteiger charge is -2.07. The maximum Gasteiger partial charge on any atom is 0.248 e. The van der Waals surface area contributed by atoms with E-state index in [-0.39, 0.29) is 18.3 Å². The molecular formula is C22H20FN3O3. The lowest BCUT2D eigenvalue weighted by Crippen LogP contribution is -2.08. The van der Waals surface area contributed by atoms with Gasteiger partial charge in [-0.1, -0.05) is 17.3 Å². The molecule has 1 amide bonds. The van der Waals surface area contributed by atoms with Crippen molar-refractivity contribution in [3.63, 3.8) is 0 Å². The quantitative estimate of drug-likeness (QED) is 0.589. The van der Waals surface area contributed by atoms with E-state index < -0.39 is 0 Å². The van der Waals surface area contributed by atoms with E-state index in [1.54, 1.807) is 43.3 Å². The minimum Gasteiger partial charge on any atom is -0.485 e. The standard InChI is InChI=1S/C22H20FN3O3/c1-14(15-4-6-17(23)7-5-15)12-21(27)24-18-8-10-19(11-9-18)28-13-20-25-22(29-26-20)16-2-3-16/h4-12,16H,2-3,13H2,1H3,(H,24,27). The normalized spacial score (nSPS) is 13.9.